The van der Waals surface area contributed by atoms with Crippen LogP contribution in [0.25, 0.3) is 11.3 Å². The maximum Gasteiger partial charge on any atom is 0.263 e. The number of aromatic amines is 1. The highest BCUT2D eigenvalue weighted by Crippen LogP contribution is 2.35. The fourth-order valence-corrected chi connectivity index (χ4v) is 4.33. The molecule has 0 aliphatic carbocycles. The summed E-state index contributed by atoms with van der Waals surface area (Å²) in [4.78, 5) is 3.61. The zero-order valence-electron chi connectivity index (χ0n) is 15.4. The fraction of sp³-hybridized carbons (Fsp3) is 0. The molecule has 156 valence electrons. The summed E-state index contributed by atoms with van der Waals surface area (Å²) in [5, 5.41) is 16.1. The number of nitrogens with zero attached hydrogens (tertiary/aromatic N) is 4. The number of anilines is 2. The maximum atomic E-state index is 13.8. The minimum Gasteiger partial charge on any atom is -0.455 e. The summed E-state index contributed by atoms with van der Waals surface area (Å²) in [6.45, 7) is 0. The van der Waals surface area contributed by atoms with Gasteiger partial charge < -0.3 is 10.5 Å². The van der Waals surface area contributed by atoms with Crippen LogP contribution in [0.5, 0.6) is 11.5 Å². The van der Waals surface area contributed by atoms with Crippen LogP contribution < -0.4 is 15.2 Å². The molecule has 0 saturated carbocycles. The summed E-state index contributed by atoms with van der Waals surface area (Å²) in [6.07, 6.45) is 1.22. The van der Waals surface area contributed by atoms with Crippen LogP contribution in [0.1, 0.15) is 5.56 Å². The van der Waals surface area contributed by atoms with Gasteiger partial charge in [-0.25, -0.2) is 17.8 Å². The van der Waals surface area contributed by atoms with E-state index < -0.39 is 15.8 Å². The van der Waals surface area contributed by atoms with E-state index in [2.05, 4.69) is 24.3 Å². The molecule has 4 N–H and O–H groups in total. The van der Waals surface area contributed by atoms with Crippen molar-refractivity contribution in [2.45, 2.75) is 4.90 Å². The second kappa shape index (κ2) is 8.01. The van der Waals surface area contributed by atoms with Crippen molar-refractivity contribution in [1.29, 1.82) is 5.26 Å². The van der Waals surface area contributed by atoms with Gasteiger partial charge in [-0.3, -0.25) is 9.82 Å². The van der Waals surface area contributed by atoms with Gasteiger partial charge in [0, 0.05) is 23.2 Å². The highest BCUT2D eigenvalue weighted by molar-refractivity contribution is 7.93. The third-order valence-corrected chi connectivity index (χ3v) is 6.06. The molecular weight excluding hydrogens is 445 g/mol. The van der Waals surface area contributed by atoms with Crippen molar-refractivity contribution in [2.75, 3.05) is 10.5 Å². The van der Waals surface area contributed by atoms with Gasteiger partial charge in [0.2, 0.25) is 5.13 Å². The fourth-order valence-electron chi connectivity index (χ4n) is 2.64. The number of nitrogens with one attached hydrogen (secondary N) is 2. The lowest BCUT2D eigenvalue weighted by Gasteiger charge is -2.12. The summed E-state index contributed by atoms with van der Waals surface area (Å²) in [7, 11) is -3.98. The number of rotatable bonds is 6. The average molecular weight is 457 g/mol. The van der Waals surface area contributed by atoms with Gasteiger partial charge in [-0.15, -0.1) is 0 Å². The highest BCUT2D eigenvalue weighted by atomic mass is 32.2. The normalized spacial score (nSPS) is 11.1. The lowest BCUT2D eigenvalue weighted by atomic mass is 10.1. The van der Waals surface area contributed by atoms with Gasteiger partial charge in [-0.2, -0.15) is 14.7 Å². The van der Waals surface area contributed by atoms with Crippen LogP contribution in [0, 0.1) is 17.1 Å². The van der Waals surface area contributed by atoms with Crippen molar-refractivity contribution in [3.8, 4) is 28.8 Å². The number of benzene rings is 2. The van der Waals surface area contributed by atoms with Gasteiger partial charge in [0.15, 0.2) is 0 Å². The molecule has 0 atom stereocenters. The topological polar surface area (TPSA) is 160 Å². The molecule has 0 spiro atoms. The zero-order chi connectivity index (χ0) is 22.0. The van der Waals surface area contributed by atoms with Gasteiger partial charge in [-0.05, 0) is 36.4 Å². The second-order valence-electron chi connectivity index (χ2n) is 6.07. The van der Waals surface area contributed by atoms with E-state index in [4.69, 9.17) is 10.5 Å². The molecule has 10 nitrogen and oxygen atoms in total. The lowest BCUT2D eigenvalue weighted by Crippen LogP contribution is -2.13. The Labute approximate surface area is 179 Å². The van der Waals surface area contributed by atoms with E-state index in [0.29, 0.717) is 11.3 Å². The minimum absolute atomic E-state index is 0.0421. The first-order valence-corrected chi connectivity index (χ1v) is 10.7. The number of hydrogen-bond donors (Lipinski definition) is 3. The molecule has 2 aromatic heterocycles. The second-order valence-corrected chi connectivity index (χ2v) is 8.53. The van der Waals surface area contributed by atoms with Crippen LogP contribution in [-0.2, 0) is 10.0 Å². The number of ether oxygens (including phenoxy) is 1. The Morgan fingerprint density at radius 1 is 1.19 bits per heavy atom. The Hall–Kier alpha value is -4.02. The van der Waals surface area contributed by atoms with E-state index in [9.17, 15) is 18.1 Å². The van der Waals surface area contributed by atoms with Gasteiger partial charge in [0.25, 0.3) is 10.0 Å². The first-order valence-electron chi connectivity index (χ1n) is 8.48. The first kappa shape index (κ1) is 20.3. The van der Waals surface area contributed by atoms with Crippen LogP contribution in [0.15, 0.2) is 53.7 Å². The SMILES string of the molecule is N#Cc1cc(S(=O)(=O)Nc2ncns2)ccc1Oc1ccc(F)cc1-c1cc(N)n[nH]1. The van der Waals surface area contributed by atoms with Crippen LogP contribution in [-0.4, -0.2) is 28.0 Å². The Kier molecular flexibility index (Phi) is 5.24. The van der Waals surface area contributed by atoms with E-state index in [1.165, 1.54) is 42.7 Å². The van der Waals surface area contributed by atoms with Crippen molar-refractivity contribution in [1.82, 2.24) is 19.6 Å². The third kappa shape index (κ3) is 4.29. The maximum absolute atomic E-state index is 13.8. The Morgan fingerprint density at radius 2 is 2.00 bits per heavy atom. The molecule has 2 heterocycles. The molecule has 0 aliphatic rings. The predicted octanol–water partition coefficient (Wildman–Crippen LogP) is 3.11. The van der Waals surface area contributed by atoms with Crippen LogP contribution >= 0.6 is 11.5 Å². The summed E-state index contributed by atoms with van der Waals surface area (Å²) < 4.78 is 50.7. The lowest BCUT2D eigenvalue weighted by molar-refractivity contribution is 0.480. The number of aromatic nitrogens is 4. The van der Waals surface area contributed by atoms with Gasteiger partial charge in [-0.1, -0.05) is 0 Å². The summed E-state index contributed by atoms with van der Waals surface area (Å²) >= 11 is 0.873. The number of nitrogen functional groups attached to an aromatic ring is 1. The molecule has 0 fully saturated rings. The highest BCUT2D eigenvalue weighted by Gasteiger charge is 2.19. The molecule has 4 aromatic rings. The summed E-state index contributed by atoms with van der Waals surface area (Å²) in [5.74, 6) is -0.0116. The van der Waals surface area contributed by atoms with Crippen LogP contribution in [0.2, 0.25) is 0 Å². The van der Waals surface area contributed by atoms with E-state index in [1.807, 2.05) is 6.07 Å². The molecule has 0 bridgehead atoms. The van der Waals surface area contributed by atoms with E-state index in [-0.39, 0.29) is 32.9 Å². The molecule has 13 heteroatoms. The third-order valence-electron chi connectivity index (χ3n) is 4.01. The smallest absolute Gasteiger partial charge is 0.263 e. The Bertz CT molecular complexity index is 1400. The average Bonchev–Trinajstić information content (AvgIpc) is 3.40. The number of hydrogen-bond acceptors (Lipinski definition) is 9. The van der Waals surface area contributed by atoms with Crippen LogP contribution in [0.3, 0.4) is 0 Å². The predicted molar refractivity (Wildman–Crippen MR) is 110 cm³/mol. The molecule has 0 saturated heterocycles. The number of nitriles is 1. The zero-order valence-corrected chi connectivity index (χ0v) is 17.0. The minimum atomic E-state index is -3.98. The molecular formula is C18H12FN7O3S2. The van der Waals surface area contributed by atoms with Gasteiger partial charge in [0.1, 0.15) is 35.5 Å². The molecule has 0 aliphatic heterocycles. The van der Waals surface area contributed by atoms with E-state index in [0.717, 1.165) is 17.6 Å². The monoisotopic (exact) mass is 457 g/mol. The first-order chi connectivity index (χ1) is 14.9. The number of nitrogens with two attached hydrogens (primary N) is 1. The van der Waals surface area contributed by atoms with E-state index >= 15 is 0 Å². The van der Waals surface area contributed by atoms with Gasteiger partial charge >= 0.3 is 0 Å². The van der Waals surface area contributed by atoms with Crippen molar-refractivity contribution in [2.24, 2.45) is 0 Å². The van der Waals surface area contributed by atoms with Crippen LogP contribution in [0.4, 0.5) is 15.3 Å². The Balaban J connectivity index is 1.68. The van der Waals surface area contributed by atoms with Crippen molar-refractivity contribution in [3.05, 3.63) is 60.2 Å². The number of H-pyrrole nitrogens is 1. The van der Waals surface area contributed by atoms with Crippen molar-refractivity contribution < 1.29 is 17.5 Å². The molecule has 0 unspecified atom stereocenters. The van der Waals surface area contributed by atoms with Crippen molar-refractivity contribution >= 4 is 32.5 Å². The quantitative estimate of drug-likeness (QED) is 0.398. The molecule has 0 radical (unpaired) electrons. The standard InChI is InChI=1S/C18H12FN7O3S2/c19-11-1-3-16(13(6-11)14-7-17(21)25-24-14)29-15-4-2-12(5-10(15)8-20)31(27,28)26-18-22-9-23-30-18/h1-7,9H,(H3,21,24,25)(H,22,23,26). The Morgan fingerprint density at radius 3 is 2.68 bits per heavy atom. The molecule has 4 rings (SSSR count). The molecule has 2 aromatic carbocycles. The summed E-state index contributed by atoms with van der Waals surface area (Å²) in [5.41, 5.74) is 6.31. The molecule has 0 amide bonds. The molecule has 31 heavy (non-hydrogen) atoms. The largest absolute Gasteiger partial charge is 0.455 e. The summed E-state index contributed by atoms with van der Waals surface area (Å²) in [6, 6.07) is 11.0. The number of halogens is 1. The van der Waals surface area contributed by atoms with Gasteiger partial charge in [0.05, 0.1) is 16.2 Å². The van der Waals surface area contributed by atoms with Crippen molar-refractivity contribution in [3.63, 3.8) is 0 Å². The number of sulfonamides is 1. The van der Waals surface area contributed by atoms with E-state index in [1.54, 1.807) is 0 Å².